The van der Waals surface area contributed by atoms with Gasteiger partial charge in [0.05, 0.1) is 11.6 Å². The summed E-state index contributed by atoms with van der Waals surface area (Å²) in [4.78, 5) is 15.7. The summed E-state index contributed by atoms with van der Waals surface area (Å²) in [6, 6.07) is 7.46. The second-order valence-corrected chi connectivity index (χ2v) is 6.20. The fourth-order valence-corrected chi connectivity index (χ4v) is 3.17. The SMILES string of the molecule is CC(=O)C(N)Cc1c(C)n(C)c2ccc(-c3ccncc3)c(N)c12. The summed E-state index contributed by atoms with van der Waals surface area (Å²) < 4.78 is 2.10. The van der Waals surface area contributed by atoms with Crippen LogP contribution in [-0.4, -0.2) is 21.4 Å². The summed E-state index contributed by atoms with van der Waals surface area (Å²) in [5, 5.41) is 0.987. The number of fused-ring (bicyclic) bond motifs is 1. The van der Waals surface area contributed by atoms with Gasteiger partial charge >= 0.3 is 0 Å². The third-order valence-corrected chi connectivity index (χ3v) is 4.76. The Morgan fingerprint density at radius 3 is 2.54 bits per heavy atom. The van der Waals surface area contributed by atoms with E-state index in [1.807, 2.05) is 32.2 Å². The van der Waals surface area contributed by atoms with Crippen LogP contribution in [-0.2, 0) is 18.3 Å². The van der Waals surface area contributed by atoms with E-state index in [0.717, 1.165) is 33.3 Å². The zero-order valence-electron chi connectivity index (χ0n) is 14.2. The number of aryl methyl sites for hydroxylation is 1. The molecular weight excluding hydrogens is 300 g/mol. The van der Waals surface area contributed by atoms with Crippen molar-refractivity contribution >= 4 is 22.4 Å². The van der Waals surface area contributed by atoms with Gasteiger partial charge in [-0.25, -0.2) is 0 Å². The lowest BCUT2D eigenvalue weighted by molar-refractivity contribution is -0.118. The molecule has 5 heteroatoms. The summed E-state index contributed by atoms with van der Waals surface area (Å²) in [5.74, 6) is -0.0183. The number of pyridine rings is 1. The second kappa shape index (κ2) is 6.09. The van der Waals surface area contributed by atoms with Crippen molar-refractivity contribution in [2.45, 2.75) is 26.3 Å². The second-order valence-electron chi connectivity index (χ2n) is 6.20. The first-order valence-electron chi connectivity index (χ1n) is 7.94. The van der Waals surface area contributed by atoms with Crippen molar-refractivity contribution in [1.82, 2.24) is 9.55 Å². The van der Waals surface area contributed by atoms with Crippen LogP contribution in [0.5, 0.6) is 0 Å². The minimum Gasteiger partial charge on any atom is -0.398 e. The zero-order valence-corrected chi connectivity index (χ0v) is 14.2. The van der Waals surface area contributed by atoms with Crippen molar-refractivity contribution in [3.05, 3.63) is 47.9 Å². The molecule has 5 nitrogen and oxygen atoms in total. The van der Waals surface area contributed by atoms with Crippen LogP contribution in [0, 0.1) is 6.92 Å². The molecule has 1 atom stereocenters. The number of carbonyl (C=O) groups is 1. The van der Waals surface area contributed by atoms with Crippen LogP contribution in [0.4, 0.5) is 5.69 Å². The van der Waals surface area contributed by atoms with Gasteiger partial charge in [0.15, 0.2) is 0 Å². The van der Waals surface area contributed by atoms with Gasteiger partial charge in [-0.15, -0.1) is 0 Å². The topological polar surface area (TPSA) is 86.9 Å². The van der Waals surface area contributed by atoms with Gasteiger partial charge in [0.1, 0.15) is 5.78 Å². The standard InChI is InChI=1S/C19H22N4O/c1-11-15(10-16(20)12(2)24)18-17(23(11)3)5-4-14(19(18)21)13-6-8-22-9-7-13/h4-9,16H,10,20-21H2,1-3H3. The van der Waals surface area contributed by atoms with Crippen molar-refractivity contribution in [2.24, 2.45) is 12.8 Å². The number of nitrogen functional groups attached to an aromatic ring is 1. The third-order valence-electron chi connectivity index (χ3n) is 4.76. The summed E-state index contributed by atoms with van der Waals surface area (Å²) in [5.41, 5.74) is 18.4. The van der Waals surface area contributed by atoms with E-state index in [4.69, 9.17) is 11.5 Å². The summed E-state index contributed by atoms with van der Waals surface area (Å²) >= 11 is 0. The molecule has 2 heterocycles. The Kier molecular flexibility index (Phi) is 4.11. The van der Waals surface area contributed by atoms with Crippen LogP contribution in [0.15, 0.2) is 36.7 Å². The Hall–Kier alpha value is -2.66. The molecule has 3 aromatic rings. The fraction of sp³-hybridized carbons (Fsp3) is 0.263. The summed E-state index contributed by atoms with van der Waals surface area (Å²) in [7, 11) is 2.01. The molecule has 0 fully saturated rings. The maximum Gasteiger partial charge on any atom is 0.146 e. The molecule has 0 saturated carbocycles. The maximum atomic E-state index is 11.6. The molecule has 0 aliphatic carbocycles. The van der Waals surface area contributed by atoms with Gasteiger partial charge in [-0.1, -0.05) is 6.07 Å². The minimum absolute atomic E-state index is 0.0183. The van der Waals surface area contributed by atoms with Gasteiger partial charge in [-0.3, -0.25) is 9.78 Å². The molecule has 0 aliphatic heterocycles. The van der Waals surface area contributed by atoms with E-state index >= 15 is 0 Å². The number of aromatic nitrogens is 2. The zero-order chi connectivity index (χ0) is 17.4. The van der Waals surface area contributed by atoms with E-state index in [1.165, 1.54) is 6.92 Å². The van der Waals surface area contributed by atoms with E-state index in [1.54, 1.807) is 12.4 Å². The maximum absolute atomic E-state index is 11.6. The molecule has 4 N–H and O–H groups in total. The smallest absolute Gasteiger partial charge is 0.146 e. The molecule has 0 saturated heterocycles. The number of hydrogen-bond acceptors (Lipinski definition) is 4. The monoisotopic (exact) mass is 322 g/mol. The molecule has 1 unspecified atom stereocenters. The predicted molar refractivity (Wildman–Crippen MR) is 97.7 cm³/mol. The number of benzene rings is 1. The number of hydrogen-bond donors (Lipinski definition) is 2. The lowest BCUT2D eigenvalue weighted by Crippen LogP contribution is -2.30. The number of ketones is 1. The Labute approximate surface area is 141 Å². The van der Waals surface area contributed by atoms with E-state index in [9.17, 15) is 4.79 Å². The quantitative estimate of drug-likeness (QED) is 0.723. The van der Waals surface area contributed by atoms with Gasteiger partial charge in [0, 0.05) is 41.8 Å². The highest BCUT2D eigenvalue weighted by atomic mass is 16.1. The number of carbonyl (C=O) groups excluding carboxylic acids is 1. The molecule has 1 aromatic carbocycles. The number of nitrogens with zero attached hydrogens (tertiary/aromatic N) is 2. The highest BCUT2D eigenvalue weighted by Crippen LogP contribution is 2.37. The van der Waals surface area contributed by atoms with Crippen LogP contribution in [0.25, 0.3) is 22.0 Å². The number of nitrogens with two attached hydrogens (primary N) is 2. The Bertz CT molecular complexity index is 912. The van der Waals surface area contributed by atoms with Crippen LogP contribution < -0.4 is 11.5 Å². The summed E-state index contributed by atoms with van der Waals surface area (Å²) in [6.45, 7) is 3.56. The van der Waals surface area contributed by atoms with E-state index in [2.05, 4.69) is 15.6 Å². The van der Waals surface area contributed by atoms with Gasteiger partial charge in [-0.05, 0) is 49.6 Å². The number of Topliss-reactive ketones (excluding diaryl/α,β-unsaturated/α-hetero) is 1. The predicted octanol–water partition coefficient (Wildman–Crippen LogP) is 2.59. The van der Waals surface area contributed by atoms with Gasteiger partial charge in [0.2, 0.25) is 0 Å². The van der Waals surface area contributed by atoms with E-state index in [0.29, 0.717) is 12.1 Å². The first-order chi connectivity index (χ1) is 11.4. The largest absolute Gasteiger partial charge is 0.398 e. The van der Waals surface area contributed by atoms with Crippen LogP contribution in [0.1, 0.15) is 18.2 Å². The third kappa shape index (κ3) is 2.57. The molecule has 0 spiro atoms. The molecule has 0 bridgehead atoms. The van der Waals surface area contributed by atoms with Crippen molar-refractivity contribution < 1.29 is 4.79 Å². The average Bonchev–Trinajstić information content (AvgIpc) is 2.81. The van der Waals surface area contributed by atoms with Crippen LogP contribution >= 0.6 is 0 Å². The fourth-order valence-electron chi connectivity index (χ4n) is 3.17. The lowest BCUT2D eigenvalue weighted by Gasteiger charge is -2.11. The van der Waals surface area contributed by atoms with Crippen molar-refractivity contribution in [3.8, 4) is 11.1 Å². The van der Waals surface area contributed by atoms with Crippen molar-refractivity contribution in [3.63, 3.8) is 0 Å². The molecule has 0 aliphatic rings. The van der Waals surface area contributed by atoms with Crippen molar-refractivity contribution in [2.75, 3.05) is 5.73 Å². The van der Waals surface area contributed by atoms with Crippen LogP contribution in [0.3, 0.4) is 0 Å². The highest BCUT2D eigenvalue weighted by molar-refractivity contribution is 6.02. The van der Waals surface area contributed by atoms with E-state index < -0.39 is 6.04 Å². The first kappa shape index (κ1) is 16.2. The van der Waals surface area contributed by atoms with Gasteiger partial charge in [0.25, 0.3) is 0 Å². The molecule has 0 radical (unpaired) electrons. The first-order valence-corrected chi connectivity index (χ1v) is 7.94. The lowest BCUT2D eigenvalue weighted by atomic mass is 9.96. The molecular formula is C19H22N4O. The van der Waals surface area contributed by atoms with Gasteiger partial charge in [-0.2, -0.15) is 0 Å². The Morgan fingerprint density at radius 2 is 1.92 bits per heavy atom. The van der Waals surface area contributed by atoms with Gasteiger partial charge < -0.3 is 16.0 Å². The highest BCUT2D eigenvalue weighted by Gasteiger charge is 2.20. The Morgan fingerprint density at radius 1 is 1.25 bits per heavy atom. The molecule has 2 aromatic heterocycles. The molecule has 3 rings (SSSR count). The van der Waals surface area contributed by atoms with E-state index in [-0.39, 0.29) is 5.78 Å². The molecule has 24 heavy (non-hydrogen) atoms. The molecule has 0 amide bonds. The average molecular weight is 322 g/mol. The number of rotatable bonds is 4. The summed E-state index contributed by atoms with van der Waals surface area (Å²) in [6.07, 6.45) is 3.99. The van der Waals surface area contributed by atoms with Crippen molar-refractivity contribution in [1.29, 1.82) is 0 Å². The minimum atomic E-state index is -0.515. The number of anilines is 1. The Balaban J connectivity index is 2.24. The molecule has 124 valence electrons. The normalized spacial score (nSPS) is 12.5. The van der Waals surface area contributed by atoms with Crippen LogP contribution in [0.2, 0.25) is 0 Å².